The molecule has 1 fully saturated rings. The molecule has 3 N–H and O–H groups in total. The van der Waals surface area contributed by atoms with Crippen molar-refractivity contribution < 1.29 is 33.0 Å². The van der Waals surface area contributed by atoms with Gasteiger partial charge in [-0.1, -0.05) is 18.5 Å². The van der Waals surface area contributed by atoms with Crippen LogP contribution in [0.5, 0.6) is 0 Å². The Bertz CT molecular complexity index is 870. The summed E-state index contributed by atoms with van der Waals surface area (Å²) in [7, 11) is -0.657. The first-order valence-electron chi connectivity index (χ1n) is 9.05. The summed E-state index contributed by atoms with van der Waals surface area (Å²) < 4.78 is 25.5. The summed E-state index contributed by atoms with van der Waals surface area (Å²) in [6.45, 7) is 4.30. The van der Waals surface area contributed by atoms with Gasteiger partial charge in [-0.15, -0.1) is 0 Å². The number of halogens is 1. The number of aliphatic carboxylic acids is 2. The van der Waals surface area contributed by atoms with Gasteiger partial charge >= 0.3 is 11.9 Å². The molecule has 30 heavy (non-hydrogen) atoms. The van der Waals surface area contributed by atoms with E-state index in [2.05, 4.69) is 17.1 Å². The van der Waals surface area contributed by atoms with Crippen molar-refractivity contribution >= 4 is 45.2 Å². The minimum Gasteiger partial charge on any atom is -0.473 e. The summed E-state index contributed by atoms with van der Waals surface area (Å²) in [5, 5.41) is 17.8. The highest BCUT2D eigenvalue weighted by Crippen LogP contribution is 2.26. The number of piperidine rings is 1. The summed E-state index contributed by atoms with van der Waals surface area (Å²) >= 11 is 6.10. The topological polar surface area (TPSA) is 144 Å². The predicted molar refractivity (Wildman–Crippen MR) is 111 cm³/mol. The maximum Gasteiger partial charge on any atom is 0.414 e. The van der Waals surface area contributed by atoms with Gasteiger partial charge in [0.05, 0.1) is 22.2 Å². The van der Waals surface area contributed by atoms with Crippen LogP contribution in [0, 0.1) is 5.92 Å². The maximum absolute atomic E-state index is 12.2. The van der Waals surface area contributed by atoms with E-state index >= 15 is 0 Å². The number of likely N-dealkylation sites (tertiary alicyclic amines) is 1. The van der Waals surface area contributed by atoms with Gasteiger partial charge < -0.3 is 15.5 Å². The summed E-state index contributed by atoms with van der Waals surface area (Å²) in [5.74, 6) is -3.14. The Labute approximate surface area is 180 Å². The van der Waals surface area contributed by atoms with Crippen molar-refractivity contribution in [3.63, 3.8) is 0 Å². The third-order valence-electron chi connectivity index (χ3n) is 4.42. The maximum atomic E-state index is 12.2. The number of carboxylic acids is 2. The molecule has 0 unspecified atom stereocenters. The fourth-order valence-electron chi connectivity index (χ4n) is 2.58. The molecule has 168 valence electrons. The first kappa shape index (κ1) is 25.8. The fraction of sp³-hybridized carbons (Fsp3) is 0.500. The smallest absolute Gasteiger partial charge is 0.414 e. The number of rotatable bonds is 5. The Morgan fingerprint density at radius 2 is 1.70 bits per heavy atom. The Morgan fingerprint density at radius 1 is 1.17 bits per heavy atom. The van der Waals surface area contributed by atoms with Crippen molar-refractivity contribution in [1.29, 1.82) is 0 Å². The van der Waals surface area contributed by atoms with Crippen LogP contribution in [0.4, 0.5) is 5.69 Å². The van der Waals surface area contributed by atoms with Crippen LogP contribution in [0.25, 0.3) is 0 Å². The summed E-state index contributed by atoms with van der Waals surface area (Å²) in [6, 6.07) is 4.31. The van der Waals surface area contributed by atoms with Gasteiger partial charge in [0, 0.05) is 14.1 Å². The van der Waals surface area contributed by atoms with Crippen LogP contribution in [0.2, 0.25) is 5.02 Å². The van der Waals surface area contributed by atoms with Crippen molar-refractivity contribution in [3.05, 3.63) is 23.2 Å². The molecule has 10 nitrogen and oxygen atoms in total. The summed E-state index contributed by atoms with van der Waals surface area (Å²) in [5.41, 5.74) is 0.315. The Hall–Kier alpha value is -2.21. The summed E-state index contributed by atoms with van der Waals surface area (Å²) in [6.07, 6.45) is 2.18. The molecule has 1 amide bonds. The molecule has 0 aliphatic carbocycles. The lowest BCUT2D eigenvalue weighted by molar-refractivity contribution is -0.159. The van der Waals surface area contributed by atoms with Gasteiger partial charge in [-0.05, 0) is 50.0 Å². The molecule has 0 bridgehead atoms. The number of carbonyl (C=O) groups is 3. The molecule has 0 saturated carbocycles. The number of sulfonamides is 1. The van der Waals surface area contributed by atoms with Crippen LogP contribution in [0.3, 0.4) is 0 Å². The zero-order chi connectivity index (χ0) is 23.1. The lowest BCUT2D eigenvalue weighted by atomic mass is 9.99. The van der Waals surface area contributed by atoms with Crippen LogP contribution in [-0.2, 0) is 24.4 Å². The normalized spacial score (nSPS) is 15.2. The van der Waals surface area contributed by atoms with Crippen LogP contribution in [-0.4, -0.2) is 79.4 Å². The van der Waals surface area contributed by atoms with E-state index in [0.29, 0.717) is 16.6 Å². The highest BCUT2D eigenvalue weighted by Gasteiger charge is 2.21. The minimum absolute atomic E-state index is 0.0963. The summed E-state index contributed by atoms with van der Waals surface area (Å²) in [4.78, 5) is 32.6. The number of nitrogens with one attached hydrogen (secondary N) is 1. The van der Waals surface area contributed by atoms with E-state index < -0.39 is 22.0 Å². The quantitative estimate of drug-likeness (QED) is 0.556. The van der Waals surface area contributed by atoms with Crippen LogP contribution >= 0.6 is 11.6 Å². The largest absolute Gasteiger partial charge is 0.473 e. The number of hydrogen-bond acceptors (Lipinski definition) is 6. The van der Waals surface area contributed by atoms with E-state index in [9.17, 15) is 13.2 Å². The average Bonchev–Trinajstić information content (AvgIpc) is 2.65. The number of nitrogens with zero attached hydrogens (tertiary/aromatic N) is 2. The lowest BCUT2D eigenvalue weighted by Gasteiger charge is -2.29. The van der Waals surface area contributed by atoms with Gasteiger partial charge in [0.15, 0.2) is 0 Å². The molecule has 12 heteroatoms. The molecule has 0 atom stereocenters. The van der Waals surface area contributed by atoms with Gasteiger partial charge in [-0.3, -0.25) is 9.69 Å². The minimum atomic E-state index is -3.57. The second-order valence-corrected chi connectivity index (χ2v) is 9.61. The molecule has 1 aromatic rings. The highest BCUT2D eigenvalue weighted by atomic mass is 35.5. The van der Waals surface area contributed by atoms with E-state index in [1.165, 1.54) is 32.3 Å². The Balaban J connectivity index is 0.000000656. The molecule has 0 spiro atoms. The monoisotopic (exact) mass is 463 g/mol. The number of benzene rings is 1. The van der Waals surface area contributed by atoms with Gasteiger partial charge in [0.25, 0.3) is 0 Å². The highest BCUT2D eigenvalue weighted by molar-refractivity contribution is 7.89. The van der Waals surface area contributed by atoms with E-state index in [-0.39, 0.29) is 17.3 Å². The first-order valence-corrected chi connectivity index (χ1v) is 10.9. The third-order valence-corrected chi connectivity index (χ3v) is 6.56. The van der Waals surface area contributed by atoms with E-state index in [1.807, 2.05) is 0 Å². The zero-order valence-electron chi connectivity index (χ0n) is 17.0. The fourth-order valence-corrected chi connectivity index (χ4v) is 3.68. The first-order chi connectivity index (χ1) is 13.8. The number of amides is 1. The van der Waals surface area contributed by atoms with Crippen molar-refractivity contribution in [2.75, 3.05) is 39.0 Å². The SMILES string of the molecule is CC1CCN(CC(=O)Nc2cc(S(=O)(=O)N(C)C)ccc2Cl)CC1.O=C(O)C(=O)O. The van der Waals surface area contributed by atoms with Gasteiger partial charge in [-0.25, -0.2) is 22.3 Å². The Kier molecular flexibility index (Phi) is 9.69. The zero-order valence-corrected chi connectivity index (χ0v) is 18.5. The molecule has 1 aliphatic rings. The molecule has 1 aromatic carbocycles. The van der Waals surface area contributed by atoms with E-state index in [1.54, 1.807) is 0 Å². The van der Waals surface area contributed by atoms with E-state index in [4.69, 9.17) is 31.4 Å². The van der Waals surface area contributed by atoms with Gasteiger partial charge in [0.1, 0.15) is 0 Å². The van der Waals surface area contributed by atoms with Crippen LogP contribution in [0.1, 0.15) is 19.8 Å². The second kappa shape index (κ2) is 11.3. The molecule has 0 radical (unpaired) electrons. The van der Waals surface area contributed by atoms with Crippen LogP contribution in [0.15, 0.2) is 23.1 Å². The second-order valence-electron chi connectivity index (χ2n) is 7.05. The number of carboxylic acid groups (broad SMARTS) is 2. The third kappa shape index (κ3) is 7.90. The molecular weight excluding hydrogens is 438 g/mol. The number of hydrogen-bond donors (Lipinski definition) is 3. The Morgan fingerprint density at radius 3 is 2.17 bits per heavy atom. The van der Waals surface area contributed by atoms with E-state index in [0.717, 1.165) is 30.2 Å². The molecule has 0 aromatic heterocycles. The predicted octanol–water partition coefficient (Wildman–Crippen LogP) is 1.42. The molecule has 1 heterocycles. The van der Waals surface area contributed by atoms with Crippen molar-refractivity contribution in [2.24, 2.45) is 5.92 Å². The molecule has 1 saturated heterocycles. The van der Waals surface area contributed by atoms with Crippen LogP contribution < -0.4 is 5.32 Å². The van der Waals surface area contributed by atoms with Gasteiger partial charge in [0.2, 0.25) is 15.9 Å². The number of anilines is 1. The number of carbonyl (C=O) groups excluding carboxylic acids is 1. The van der Waals surface area contributed by atoms with Gasteiger partial charge in [-0.2, -0.15) is 0 Å². The molecule has 2 rings (SSSR count). The lowest BCUT2D eigenvalue weighted by Crippen LogP contribution is -2.38. The standard InChI is InChI=1S/C16H24ClN3O3S.C2H2O4/c1-12-6-8-20(9-7-12)11-16(21)18-15-10-13(4-5-14(15)17)24(22,23)19(2)3;3-1(4)2(5)6/h4-5,10,12H,6-9,11H2,1-3H3,(H,18,21);(H,3,4)(H,5,6). The van der Waals surface area contributed by atoms with Crippen molar-refractivity contribution in [2.45, 2.75) is 24.7 Å². The van der Waals surface area contributed by atoms with Crippen molar-refractivity contribution in [1.82, 2.24) is 9.21 Å². The molecular formula is C18H26ClN3O7S. The van der Waals surface area contributed by atoms with Crippen molar-refractivity contribution in [3.8, 4) is 0 Å². The molecule has 1 aliphatic heterocycles. The average molecular weight is 464 g/mol.